The fraction of sp³-hybridized carbons (Fsp3) is 0.348. The molecule has 0 bridgehead atoms. The van der Waals surface area contributed by atoms with Gasteiger partial charge in [0.1, 0.15) is 5.82 Å². The zero-order chi connectivity index (χ0) is 21.8. The summed E-state index contributed by atoms with van der Waals surface area (Å²) in [6.45, 7) is 3.25. The minimum Gasteiger partial charge on any atom is -0.327 e. The van der Waals surface area contributed by atoms with Gasteiger partial charge in [0.05, 0.1) is 16.9 Å². The fourth-order valence-corrected chi connectivity index (χ4v) is 3.97. The average Bonchev–Trinajstić information content (AvgIpc) is 2.73. The second kappa shape index (κ2) is 9.53. The third-order valence-corrected chi connectivity index (χ3v) is 5.69. The molecule has 3 rings (SSSR count). The maximum Gasteiger partial charge on any atom is 0.261 e. The molecule has 7 heteroatoms. The zero-order valence-corrected chi connectivity index (χ0v) is 19.4. The highest BCUT2D eigenvalue weighted by Crippen LogP contribution is 2.26. The Labute approximate surface area is 185 Å². The van der Waals surface area contributed by atoms with E-state index in [0.717, 1.165) is 4.47 Å². The zero-order valence-electron chi connectivity index (χ0n) is 17.8. The van der Waals surface area contributed by atoms with E-state index in [4.69, 9.17) is 4.98 Å². The fourth-order valence-electron chi connectivity index (χ4n) is 3.57. The first-order valence-corrected chi connectivity index (χ1v) is 10.8. The number of fused-ring (bicyclic) bond motifs is 1. The molecule has 0 fully saturated rings. The van der Waals surface area contributed by atoms with Crippen LogP contribution in [0.15, 0.2) is 57.8 Å². The Balaban J connectivity index is 2.11. The summed E-state index contributed by atoms with van der Waals surface area (Å²) in [4.78, 5) is 35.1. The van der Waals surface area contributed by atoms with Crippen molar-refractivity contribution in [3.8, 4) is 0 Å². The molecule has 2 aromatic carbocycles. The molecule has 1 heterocycles. The minimum atomic E-state index is -0.321. The van der Waals surface area contributed by atoms with Gasteiger partial charge in [0.2, 0.25) is 0 Å². The molecule has 0 aliphatic rings. The highest BCUT2D eigenvalue weighted by molar-refractivity contribution is 9.10. The third kappa shape index (κ3) is 4.63. The van der Waals surface area contributed by atoms with Gasteiger partial charge < -0.3 is 9.80 Å². The van der Waals surface area contributed by atoms with Crippen molar-refractivity contribution in [1.29, 1.82) is 0 Å². The van der Waals surface area contributed by atoms with Gasteiger partial charge in [0, 0.05) is 30.2 Å². The lowest BCUT2D eigenvalue weighted by Crippen LogP contribution is -2.41. The van der Waals surface area contributed by atoms with Crippen LogP contribution in [0.3, 0.4) is 0 Å². The first kappa shape index (κ1) is 22.2. The van der Waals surface area contributed by atoms with Crippen molar-refractivity contribution in [2.24, 2.45) is 7.05 Å². The number of amides is 1. The Morgan fingerprint density at radius 1 is 1.13 bits per heavy atom. The van der Waals surface area contributed by atoms with Crippen molar-refractivity contribution in [2.45, 2.75) is 19.4 Å². The van der Waals surface area contributed by atoms with E-state index in [1.54, 1.807) is 17.7 Å². The number of likely N-dealkylation sites (N-methyl/N-ethyl adjacent to an activating group) is 1. The SMILES string of the molecule is CCC(c1nc2ccccc2c(=O)n1C)N(CCN(C)C)C(=O)c1cccc(Br)c1. The molecule has 1 atom stereocenters. The van der Waals surface area contributed by atoms with Gasteiger partial charge in [0.15, 0.2) is 0 Å². The lowest BCUT2D eigenvalue weighted by atomic mass is 10.1. The van der Waals surface area contributed by atoms with Gasteiger partial charge in [0.25, 0.3) is 11.5 Å². The summed E-state index contributed by atoms with van der Waals surface area (Å²) in [5, 5.41) is 0.580. The van der Waals surface area contributed by atoms with E-state index in [0.29, 0.717) is 41.8 Å². The van der Waals surface area contributed by atoms with Crippen molar-refractivity contribution >= 4 is 32.7 Å². The molecule has 0 saturated carbocycles. The van der Waals surface area contributed by atoms with Crippen LogP contribution in [0.25, 0.3) is 10.9 Å². The number of halogens is 1. The lowest BCUT2D eigenvalue weighted by Gasteiger charge is -2.33. The number of hydrogen-bond acceptors (Lipinski definition) is 4. The van der Waals surface area contributed by atoms with Crippen molar-refractivity contribution in [3.05, 3.63) is 74.7 Å². The maximum absolute atomic E-state index is 13.5. The van der Waals surface area contributed by atoms with Crippen molar-refractivity contribution in [3.63, 3.8) is 0 Å². The largest absolute Gasteiger partial charge is 0.327 e. The molecule has 1 amide bonds. The summed E-state index contributed by atoms with van der Waals surface area (Å²) >= 11 is 3.45. The van der Waals surface area contributed by atoms with Crippen LogP contribution in [0.2, 0.25) is 0 Å². The molecule has 0 aliphatic carbocycles. The lowest BCUT2D eigenvalue weighted by molar-refractivity contribution is 0.0643. The number of nitrogens with zero attached hydrogens (tertiary/aromatic N) is 4. The number of rotatable bonds is 7. The molecule has 0 saturated heterocycles. The van der Waals surface area contributed by atoms with Gasteiger partial charge >= 0.3 is 0 Å². The van der Waals surface area contributed by atoms with E-state index in [1.807, 2.05) is 73.3 Å². The van der Waals surface area contributed by atoms with Gasteiger partial charge in [-0.3, -0.25) is 14.2 Å². The van der Waals surface area contributed by atoms with Crippen molar-refractivity contribution in [1.82, 2.24) is 19.4 Å². The number of carbonyl (C=O) groups excluding carboxylic acids is 1. The highest BCUT2D eigenvalue weighted by atomic mass is 79.9. The average molecular weight is 471 g/mol. The summed E-state index contributed by atoms with van der Waals surface area (Å²) < 4.78 is 2.43. The predicted octanol–water partition coefficient (Wildman–Crippen LogP) is 3.85. The van der Waals surface area contributed by atoms with Crippen LogP contribution in [-0.2, 0) is 7.05 Å². The van der Waals surface area contributed by atoms with Gasteiger partial charge in [-0.1, -0.05) is 41.1 Å². The number of carbonyl (C=O) groups is 1. The number of hydrogen-bond donors (Lipinski definition) is 0. The monoisotopic (exact) mass is 470 g/mol. The molecule has 0 spiro atoms. The Hall–Kier alpha value is -2.51. The third-order valence-electron chi connectivity index (χ3n) is 5.20. The van der Waals surface area contributed by atoms with Gasteiger partial charge in [-0.15, -0.1) is 0 Å². The first-order chi connectivity index (χ1) is 14.3. The first-order valence-electron chi connectivity index (χ1n) is 10.0. The second-order valence-electron chi connectivity index (χ2n) is 7.59. The Kier molecular flexibility index (Phi) is 7.05. The summed E-state index contributed by atoms with van der Waals surface area (Å²) in [7, 11) is 5.69. The van der Waals surface area contributed by atoms with Gasteiger partial charge in [-0.25, -0.2) is 4.98 Å². The second-order valence-corrected chi connectivity index (χ2v) is 8.50. The summed E-state index contributed by atoms with van der Waals surface area (Å²) in [6, 6.07) is 14.4. The minimum absolute atomic E-state index is 0.0765. The number of aromatic nitrogens is 2. The summed E-state index contributed by atoms with van der Waals surface area (Å²) in [5.74, 6) is 0.524. The standard InChI is InChI=1S/C23H27BrN4O2/c1-5-20(21-25-19-12-7-6-11-18(19)23(30)27(21)4)28(14-13-26(2)3)22(29)16-9-8-10-17(24)15-16/h6-12,15,20H,5,13-14H2,1-4H3. The Morgan fingerprint density at radius 2 is 1.87 bits per heavy atom. The Bertz CT molecular complexity index is 1110. The van der Waals surface area contributed by atoms with Gasteiger partial charge in [-0.2, -0.15) is 0 Å². The van der Waals surface area contributed by atoms with Crippen LogP contribution in [0.1, 0.15) is 35.6 Å². The summed E-state index contributed by atoms with van der Waals surface area (Å²) in [6.07, 6.45) is 0.645. The van der Waals surface area contributed by atoms with Crippen LogP contribution in [0, 0.1) is 0 Å². The molecule has 3 aromatic rings. The topological polar surface area (TPSA) is 58.4 Å². The van der Waals surface area contributed by atoms with Crippen LogP contribution in [0.4, 0.5) is 0 Å². The van der Waals surface area contributed by atoms with Crippen LogP contribution in [0.5, 0.6) is 0 Å². The molecule has 30 heavy (non-hydrogen) atoms. The van der Waals surface area contributed by atoms with Crippen LogP contribution in [-0.4, -0.2) is 52.4 Å². The molecular formula is C23H27BrN4O2. The van der Waals surface area contributed by atoms with Gasteiger partial charge in [-0.05, 0) is 50.8 Å². The van der Waals surface area contributed by atoms with E-state index in [9.17, 15) is 9.59 Å². The molecule has 1 unspecified atom stereocenters. The van der Waals surface area contributed by atoms with Crippen molar-refractivity contribution < 1.29 is 4.79 Å². The number of para-hydroxylation sites is 1. The van der Waals surface area contributed by atoms with E-state index in [-0.39, 0.29) is 17.5 Å². The van der Waals surface area contributed by atoms with Crippen LogP contribution < -0.4 is 5.56 Å². The summed E-state index contributed by atoms with van der Waals surface area (Å²) in [5.41, 5.74) is 1.15. The molecule has 158 valence electrons. The van der Waals surface area contributed by atoms with E-state index in [1.165, 1.54) is 0 Å². The van der Waals surface area contributed by atoms with E-state index >= 15 is 0 Å². The molecule has 1 aromatic heterocycles. The molecule has 0 aliphatic heterocycles. The quantitative estimate of drug-likeness (QED) is 0.526. The molecule has 0 radical (unpaired) electrons. The van der Waals surface area contributed by atoms with E-state index in [2.05, 4.69) is 15.9 Å². The predicted molar refractivity (Wildman–Crippen MR) is 124 cm³/mol. The molecule has 6 nitrogen and oxygen atoms in total. The molecular weight excluding hydrogens is 444 g/mol. The molecule has 0 N–H and O–H groups in total. The highest BCUT2D eigenvalue weighted by Gasteiger charge is 2.28. The normalized spacial score (nSPS) is 12.3. The Morgan fingerprint density at radius 3 is 2.53 bits per heavy atom. The maximum atomic E-state index is 13.5. The number of benzene rings is 2. The van der Waals surface area contributed by atoms with Crippen LogP contribution >= 0.6 is 15.9 Å². The van der Waals surface area contributed by atoms with E-state index < -0.39 is 0 Å². The smallest absolute Gasteiger partial charge is 0.261 e. The van der Waals surface area contributed by atoms with Crippen molar-refractivity contribution in [2.75, 3.05) is 27.2 Å².